The van der Waals surface area contributed by atoms with Crippen molar-refractivity contribution < 1.29 is 9.53 Å². The Morgan fingerprint density at radius 3 is 2.76 bits per heavy atom. The smallest absolute Gasteiger partial charge is 0.407 e. The first-order chi connectivity index (χ1) is 7.92. The third-order valence-electron chi connectivity index (χ3n) is 3.07. The summed E-state index contributed by atoms with van der Waals surface area (Å²) in [5.41, 5.74) is -0.418. The lowest BCUT2D eigenvalue weighted by atomic mass is 9.89. The van der Waals surface area contributed by atoms with Gasteiger partial charge < -0.3 is 15.4 Å². The molecule has 1 amide bonds. The number of amides is 1. The molecule has 1 aliphatic rings. The van der Waals surface area contributed by atoms with E-state index < -0.39 is 5.60 Å². The molecule has 0 aromatic rings. The predicted octanol–water partition coefficient (Wildman–Crippen LogP) is 2.29. The maximum atomic E-state index is 11.5. The lowest BCUT2D eigenvalue weighted by Crippen LogP contribution is -2.46. The van der Waals surface area contributed by atoms with Crippen molar-refractivity contribution in [2.75, 3.05) is 13.1 Å². The first-order valence-corrected chi connectivity index (χ1v) is 6.62. The zero-order chi connectivity index (χ0) is 12.9. The molecule has 0 spiro atoms. The second-order valence-electron chi connectivity index (χ2n) is 5.75. The van der Waals surface area contributed by atoms with Crippen molar-refractivity contribution in [1.82, 2.24) is 10.6 Å². The van der Waals surface area contributed by atoms with E-state index in [1.165, 1.54) is 12.8 Å². The highest BCUT2D eigenvalue weighted by Crippen LogP contribution is 2.18. The van der Waals surface area contributed by atoms with Crippen molar-refractivity contribution in [3.63, 3.8) is 0 Å². The molecule has 2 atom stereocenters. The third-order valence-corrected chi connectivity index (χ3v) is 3.07. The molecule has 0 aromatic heterocycles. The number of nitrogens with one attached hydrogen (secondary N) is 2. The molecule has 1 saturated heterocycles. The summed E-state index contributed by atoms with van der Waals surface area (Å²) < 4.78 is 5.23. The molecule has 4 nitrogen and oxygen atoms in total. The second kappa shape index (κ2) is 6.24. The number of alkyl carbamates (subject to hydrolysis) is 1. The van der Waals surface area contributed by atoms with Gasteiger partial charge in [-0.05, 0) is 52.5 Å². The van der Waals surface area contributed by atoms with E-state index >= 15 is 0 Å². The summed E-state index contributed by atoms with van der Waals surface area (Å²) in [6, 6.07) is 0.527. The van der Waals surface area contributed by atoms with Crippen molar-refractivity contribution in [3.05, 3.63) is 0 Å². The molecule has 0 aliphatic carbocycles. The Balaban J connectivity index is 2.31. The number of hydrogen-bond donors (Lipinski definition) is 2. The Labute approximate surface area is 104 Å². The molecule has 1 aliphatic heterocycles. The molecular formula is C13H26N2O2. The molecule has 0 unspecified atom stereocenters. The maximum absolute atomic E-state index is 11.5. The van der Waals surface area contributed by atoms with E-state index in [0.29, 0.717) is 18.5 Å². The van der Waals surface area contributed by atoms with Crippen LogP contribution in [0.15, 0.2) is 0 Å². The highest BCUT2D eigenvalue weighted by molar-refractivity contribution is 5.67. The zero-order valence-electron chi connectivity index (χ0n) is 11.5. The van der Waals surface area contributed by atoms with Crippen LogP contribution < -0.4 is 10.6 Å². The Bertz CT molecular complexity index is 248. The summed E-state index contributed by atoms with van der Waals surface area (Å²) in [5, 5.41) is 6.37. The second-order valence-corrected chi connectivity index (χ2v) is 5.75. The van der Waals surface area contributed by atoms with Gasteiger partial charge in [0.25, 0.3) is 0 Å². The molecule has 0 bridgehead atoms. The summed E-state index contributed by atoms with van der Waals surface area (Å²) >= 11 is 0. The van der Waals surface area contributed by atoms with Gasteiger partial charge in [-0.3, -0.25) is 0 Å². The molecule has 100 valence electrons. The highest BCUT2D eigenvalue weighted by atomic mass is 16.6. The molecule has 1 rings (SSSR count). The van der Waals surface area contributed by atoms with Crippen LogP contribution in [0.25, 0.3) is 0 Å². The predicted molar refractivity (Wildman–Crippen MR) is 69.0 cm³/mol. The first kappa shape index (κ1) is 14.3. The topological polar surface area (TPSA) is 50.4 Å². The van der Waals surface area contributed by atoms with E-state index in [9.17, 15) is 4.79 Å². The Morgan fingerprint density at radius 1 is 1.47 bits per heavy atom. The monoisotopic (exact) mass is 242 g/mol. The fourth-order valence-electron chi connectivity index (χ4n) is 2.27. The standard InChI is InChI=1S/C13H26N2O2/c1-5-11-10(7-6-8-14-11)9-15-12(16)17-13(2,3)4/h10-11,14H,5-9H2,1-4H3,(H,15,16)/t10-,11-/m1/s1. The Morgan fingerprint density at radius 2 is 2.18 bits per heavy atom. The van der Waals surface area contributed by atoms with Gasteiger partial charge >= 0.3 is 6.09 Å². The van der Waals surface area contributed by atoms with Crippen LogP contribution in [0.1, 0.15) is 47.0 Å². The van der Waals surface area contributed by atoms with Crippen LogP contribution in [0.4, 0.5) is 4.79 Å². The fraction of sp³-hybridized carbons (Fsp3) is 0.923. The van der Waals surface area contributed by atoms with Crippen LogP contribution in [-0.4, -0.2) is 30.8 Å². The summed E-state index contributed by atoms with van der Waals surface area (Å²) in [6.07, 6.45) is 3.18. The summed E-state index contributed by atoms with van der Waals surface area (Å²) in [6.45, 7) is 9.63. The number of ether oxygens (including phenoxy) is 1. The van der Waals surface area contributed by atoms with Crippen LogP contribution in [0.5, 0.6) is 0 Å². The maximum Gasteiger partial charge on any atom is 0.407 e. The van der Waals surface area contributed by atoms with E-state index in [-0.39, 0.29) is 6.09 Å². The van der Waals surface area contributed by atoms with Crippen molar-refractivity contribution in [1.29, 1.82) is 0 Å². The average molecular weight is 242 g/mol. The normalized spacial score (nSPS) is 25.4. The molecule has 4 heteroatoms. The Kier molecular flexibility index (Phi) is 5.25. The lowest BCUT2D eigenvalue weighted by molar-refractivity contribution is 0.0511. The minimum atomic E-state index is -0.418. The quantitative estimate of drug-likeness (QED) is 0.798. The van der Waals surface area contributed by atoms with Crippen molar-refractivity contribution in [2.45, 2.75) is 58.6 Å². The van der Waals surface area contributed by atoms with Crippen LogP contribution in [-0.2, 0) is 4.74 Å². The van der Waals surface area contributed by atoms with Gasteiger partial charge in [-0.15, -0.1) is 0 Å². The average Bonchev–Trinajstić information content (AvgIpc) is 2.24. The molecule has 17 heavy (non-hydrogen) atoms. The number of hydrogen-bond acceptors (Lipinski definition) is 3. The zero-order valence-corrected chi connectivity index (χ0v) is 11.5. The molecule has 0 aromatic carbocycles. The van der Waals surface area contributed by atoms with E-state index in [4.69, 9.17) is 4.74 Å². The van der Waals surface area contributed by atoms with Crippen LogP contribution in [0, 0.1) is 5.92 Å². The summed E-state index contributed by atoms with van der Waals surface area (Å²) in [5.74, 6) is 0.529. The van der Waals surface area contributed by atoms with Gasteiger partial charge in [-0.2, -0.15) is 0 Å². The number of piperidine rings is 1. The van der Waals surface area contributed by atoms with Crippen LogP contribution in [0.3, 0.4) is 0 Å². The minimum Gasteiger partial charge on any atom is -0.444 e. The van der Waals surface area contributed by atoms with Gasteiger partial charge in [0.1, 0.15) is 5.60 Å². The lowest BCUT2D eigenvalue weighted by Gasteiger charge is -2.32. The van der Waals surface area contributed by atoms with Gasteiger partial charge in [0.15, 0.2) is 0 Å². The SMILES string of the molecule is CC[C@H]1NCCC[C@@H]1CNC(=O)OC(C)(C)C. The number of carbonyl (C=O) groups excluding carboxylic acids is 1. The van der Waals surface area contributed by atoms with E-state index in [1.54, 1.807) is 0 Å². The number of carbonyl (C=O) groups is 1. The van der Waals surface area contributed by atoms with E-state index in [2.05, 4.69) is 17.6 Å². The molecule has 0 radical (unpaired) electrons. The molecule has 1 fully saturated rings. The van der Waals surface area contributed by atoms with Gasteiger partial charge in [0.05, 0.1) is 0 Å². The first-order valence-electron chi connectivity index (χ1n) is 6.62. The van der Waals surface area contributed by atoms with Gasteiger partial charge in [0, 0.05) is 12.6 Å². The fourth-order valence-corrected chi connectivity index (χ4v) is 2.27. The summed E-state index contributed by atoms with van der Waals surface area (Å²) in [7, 11) is 0. The van der Waals surface area contributed by atoms with Gasteiger partial charge in [-0.1, -0.05) is 6.92 Å². The Hall–Kier alpha value is -0.770. The molecule has 0 saturated carbocycles. The van der Waals surface area contributed by atoms with Gasteiger partial charge in [-0.25, -0.2) is 4.79 Å². The molecule has 1 heterocycles. The largest absolute Gasteiger partial charge is 0.444 e. The third kappa shape index (κ3) is 5.39. The molecular weight excluding hydrogens is 216 g/mol. The van der Waals surface area contributed by atoms with Crippen LogP contribution in [0.2, 0.25) is 0 Å². The minimum absolute atomic E-state index is 0.307. The van der Waals surface area contributed by atoms with Crippen molar-refractivity contribution in [3.8, 4) is 0 Å². The van der Waals surface area contributed by atoms with Crippen LogP contribution >= 0.6 is 0 Å². The highest BCUT2D eigenvalue weighted by Gasteiger charge is 2.24. The van der Waals surface area contributed by atoms with E-state index in [0.717, 1.165) is 13.0 Å². The summed E-state index contributed by atoms with van der Waals surface area (Å²) in [4.78, 5) is 11.5. The van der Waals surface area contributed by atoms with Gasteiger partial charge in [0.2, 0.25) is 0 Å². The van der Waals surface area contributed by atoms with E-state index in [1.807, 2.05) is 20.8 Å². The molecule has 2 N–H and O–H groups in total. The van der Waals surface area contributed by atoms with Crippen molar-refractivity contribution >= 4 is 6.09 Å². The number of rotatable bonds is 3. The van der Waals surface area contributed by atoms with Crippen molar-refractivity contribution in [2.24, 2.45) is 5.92 Å².